The molecule has 3 N–H and O–H groups in total. The van der Waals surface area contributed by atoms with Crippen LogP contribution in [-0.4, -0.2) is 19.1 Å². The zero-order valence-electron chi connectivity index (χ0n) is 11.1. The number of benzene rings is 2. The number of hydrogen-bond donors (Lipinski definition) is 2. The molecule has 6 heteroatoms. The Morgan fingerprint density at radius 1 is 1.19 bits per heavy atom. The summed E-state index contributed by atoms with van der Waals surface area (Å²) in [6.45, 7) is 0.891. The predicted octanol–water partition coefficient (Wildman–Crippen LogP) is 2.95. The Balaban J connectivity index is 1.89. The number of carbonyl (C=O) groups is 1. The van der Waals surface area contributed by atoms with Gasteiger partial charge in [0.25, 0.3) is 5.91 Å². The molecule has 108 valence electrons. The first-order valence-electron chi connectivity index (χ1n) is 6.40. The lowest BCUT2D eigenvalue weighted by molar-refractivity contribution is 0.101. The van der Waals surface area contributed by atoms with Gasteiger partial charge in [0.15, 0.2) is 11.5 Å². The molecule has 1 amide bonds. The monoisotopic (exact) mass is 304 g/mol. The Bertz CT molecular complexity index is 703. The zero-order valence-corrected chi connectivity index (χ0v) is 11.8. The van der Waals surface area contributed by atoms with Crippen LogP contribution in [0.15, 0.2) is 36.4 Å². The van der Waals surface area contributed by atoms with Gasteiger partial charge >= 0.3 is 0 Å². The average Bonchev–Trinajstić information content (AvgIpc) is 2.49. The molecule has 0 radical (unpaired) electrons. The van der Waals surface area contributed by atoms with Gasteiger partial charge in [-0.05, 0) is 30.3 Å². The summed E-state index contributed by atoms with van der Waals surface area (Å²) < 4.78 is 11.0. The molecule has 0 saturated heterocycles. The summed E-state index contributed by atoms with van der Waals surface area (Å²) in [5.74, 6) is 0.703. The Hall–Kier alpha value is -2.40. The number of anilines is 2. The first-order valence-corrected chi connectivity index (χ1v) is 6.78. The number of halogens is 1. The highest BCUT2D eigenvalue weighted by Gasteiger charge is 2.20. The van der Waals surface area contributed by atoms with Crippen LogP contribution in [0.25, 0.3) is 0 Å². The van der Waals surface area contributed by atoms with E-state index >= 15 is 0 Å². The van der Waals surface area contributed by atoms with Gasteiger partial charge < -0.3 is 20.5 Å². The number of nitrogens with two attached hydrogens (primary N) is 1. The molecule has 2 aromatic rings. The van der Waals surface area contributed by atoms with Gasteiger partial charge in [-0.25, -0.2) is 0 Å². The molecule has 1 aliphatic heterocycles. The van der Waals surface area contributed by atoms with Gasteiger partial charge in [0, 0.05) is 5.69 Å². The number of carbonyl (C=O) groups excluding carboxylic acids is 1. The van der Waals surface area contributed by atoms with Crippen LogP contribution in [0.1, 0.15) is 10.4 Å². The highest BCUT2D eigenvalue weighted by Crippen LogP contribution is 2.34. The van der Waals surface area contributed by atoms with Crippen molar-refractivity contribution < 1.29 is 14.3 Å². The van der Waals surface area contributed by atoms with E-state index in [9.17, 15) is 4.79 Å². The molecule has 3 rings (SSSR count). The van der Waals surface area contributed by atoms with E-state index in [1.807, 2.05) is 0 Å². The van der Waals surface area contributed by atoms with Gasteiger partial charge in [-0.2, -0.15) is 0 Å². The summed E-state index contributed by atoms with van der Waals surface area (Å²) in [5, 5.41) is 3.12. The first-order chi connectivity index (χ1) is 10.1. The number of nitrogens with one attached hydrogen (secondary N) is 1. The van der Waals surface area contributed by atoms with Crippen LogP contribution >= 0.6 is 11.6 Å². The van der Waals surface area contributed by atoms with Gasteiger partial charge in [0.2, 0.25) is 0 Å². The lowest BCUT2D eigenvalue weighted by Crippen LogP contribution is -2.20. The number of fused-ring (bicyclic) bond motifs is 1. The highest BCUT2D eigenvalue weighted by atomic mass is 35.5. The molecule has 0 aliphatic carbocycles. The predicted molar refractivity (Wildman–Crippen MR) is 81.2 cm³/mol. The standard InChI is InChI=1S/C15H13ClN2O3/c16-11-8-9(17)4-5-12(11)18-15(19)10-2-1-3-13-14(10)21-7-6-20-13/h1-5,8H,6-7,17H2,(H,18,19). The minimum absolute atomic E-state index is 0.316. The normalized spacial score (nSPS) is 12.8. The summed E-state index contributed by atoms with van der Waals surface area (Å²) in [5.41, 5.74) is 7.05. The lowest BCUT2D eigenvalue weighted by atomic mass is 10.1. The molecule has 0 unspecified atom stereocenters. The van der Waals surface area contributed by atoms with Gasteiger partial charge in [-0.1, -0.05) is 17.7 Å². The molecule has 0 fully saturated rings. The summed E-state index contributed by atoms with van der Waals surface area (Å²) >= 11 is 6.05. The number of hydrogen-bond acceptors (Lipinski definition) is 4. The fourth-order valence-corrected chi connectivity index (χ4v) is 2.31. The topological polar surface area (TPSA) is 73.6 Å². The van der Waals surface area contributed by atoms with E-state index in [4.69, 9.17) is 26.8 Å². The highest BCUT2D eigenvalue weighted by molar-refractivity contribution is 6.34. The molecular weight excluding hydrogens is 292 g/mol. The van der Waals surface area contributed by atoms with Crippen LogP contribution in [0.3, 0.4) is 0 Å². The number of nitrogen functional groups attached to an aromatic ring is 1. The molecule has 0 atom stereocenters. The van der Waals surface area contributed by atoms with Crippen LogP contribution in [-0.2, 0) is 0 Å². The molecule has 1 heterocycles. The van der Waals surface area contributed by atoms with Gasteiger partial charge in [-0.15, -0.1) is 0 Å². The SMILES string of the molecule is Nc1ccc(NC(=O)c2cccc3c2OCCO3)c(Cl)c1. The maximum Gasteiger partial charge on any atom is 0.259 e. The fraction of sp³-hybridized carbons (Fsp3) is 0.133. The van der Waals surface area contributed by atoms with Crippen molar-refractivity contribution in [3.63, 3.8) is 0 Å². The van der Waals surface area contributed by atoms with Crippen molar-refractivity contribution in [2.75, 3.05) is 24.3 Å². The van der Waals surface area contributed by atoms with Crippen LogP contribution in [0, 0.1) is 0 Å². The Kier molecular flexibility index (Phi) is 3.58. The Labute approximate surface area is 126 Å². The smallest absolute Gasteiger partial charge is 0.259 e. The Morgan fingerprint density at radius 2 is 2.00 bits per heavy atom. The molecule has 1 aliphatic rings. The zero-order chi connectivity index (χ0) is 14.8. The van der Waals surface area contributed by atoms with E-state index in [1.54, 1.807) is 36.4 Å². The van der Waals surface area contributed by atoms with E-state index in [-0.39, 0.29) is 5.91 Å². The molecule has 0 bridgehead atoms. The third-order valence-corrected chi connectivity index (χ3v) is 3.36. The molecule has 0 aromatic heterocycles. The second kappa shape index (κ2) is 5.54. The van der Waals surface area contributed by atoms with Crippen LogP contribution < -0.4 is 20.5 Å². The third kappa shape index (κ3) is 2.73. The third-order valence-electron chi connectivity index (χ3n) is 3.05. The fourth-order valence-electron chi connectivity index (χ4n) is 2.07. The minimum Gasteiger partial charge on any atom is -0.486 e. The van der Waals surface area contributed by atoms with Gasteiger partial charge in [0.1, 0.15) is 13.2 Å². The second-order valence-electron chi connectivity index (χ2n) is 4.52. The van der Waals surface area contributed by atoms with Gasteiger partial charge in [0.05, 0.1) is 16.3 Å². The van der Waals surface area contributed by atoms with E-state index in [2.05, 4.69) is 5.32 Å². The molecule has 0 saturated carbocycles. The maximum atomic E-state index is 12.4. The average molecular weight is 305 g/mol. The lowest BCUT2D eigenvalue weighted by Gasteiger charge is -2.20. The number of rotatable bonds is 2. The van der Waals surface area contributed by atoms with Crippen LogP contribution in [0.5, 0.6) is 11.5 Å². The van der Waals surface area contributed by atoms with E-state index in [1.165, 1.54) is 0 Å². The molecule has 2 aromatic carbocycles. The molecular formula is C15H13ClN2O3. The Morgan fingerprint density at radius 3 is 2.81 bits per heavy atom. The van der Waals surface area contributed by atoms with E-state index in [0.29, 0.717) is 46.7 Å². The molecule has 21 heavy (non-hydrogen) atoms. The molecule has 0 spiro atoms. The molecule has 5 nitrogen and oxygen atoms in total. The summed E-state index contributed by atoms with van der Waals surface area (Å²) in [4.78, 5) is 12.4. The van der Waals surface area contributed by atoms with Crippen molar-refractivity contribution in [1.82, 2.24) is 0 Å². The van der Waals surface area contributed by atoms with E-state index < -0.39 is 0 Å². The van der Waals surface area contributed by atoms with Crippen molar-refractivity contribution in [1.29, 1.82) is 0 Å². The van der Waals surface area contributed by atoms with Gasteiger partial charge in [-0.3, -0.25) is 4.79 Å². The minimum atomic E-state index is -0.316. The van der Waals surface area contributed by atoms with E-state index in [0.717, 1.165) is 0 Å². The van der Waals surface area contributed by atoms with Crippen molar-refractivity contribution in [3.05, 3.63) is 47.0 Å². The first kappa shape index (κ1) is 13.6. The second-order valence-corrected chi connectivity index (χ2v) is 4.93. The number of para-hydroxylation sites is 1. The number of ether oxygens (including phenoxy) is 2. The number of amides is 1. The quantitative estimate of drug-likeness (QED) is 0.837. The summed E-state index contributed by atoms with van der Waals surface area (Å²) in [6, 6.07) is 10.1. The van der Waals surface area contributed by atoms with Crippen molar-refractivity contribution in [2.24, 2.45) is 0 Å². The summed E-state index contributed by atoms with van der Waals surface area (Å²) in [7, 11) is 0. The largest absolute Gasteiger partial charge is 0.486 e. The van der Waals surface area contributed by atoms with Crippen molar-refractivity contribution in [3.8, 4) is 11.5 Å². The van der Waals surface area contributed by atoms with Crippen molar-refractivity contribution in [2.45, 2.75) is 0 Å². The van der Waals surface area contributed by atoms with Crippen LogP contribution in [0.2, 0.25) is 5.02 Å². The maximum absolute atomic E-state index is 12.4. The van der Waals surface area contributed by atoms with Crippen LogP contribution in [0.4, 0.5) is 11.4 Å². The van der Waals surface area contributed by atoms with Crippen molar-refractivity contribution >= 4 is 28.9 Å². The summed E-state index contributed by atoms with van der Waals surface area (Å²) in [6.07, 6.45) is 0.